The van der Waals surface area contributed by atoms with Gasteiger partial charge in [0, 0.05) is 36.3 Å². The molecule has 0 aliphatic carbocycles. The number of rotatable bonds is 9. The molecule has 3 heterocycles. The third kappa shape index (κ3) is 6.15. The molecule has 1 aliphatic rings. The SMILES string of the molecule is CCOC(=O)C1CCCN(C(=O)CCc2c(-c3ccc(Cl)cc3)nc3ccc(-c4cccc(OCC)c4)cn23)C1. The second-order valence-electron chi connectivity index (χ2n) is 9.95. The van der Waals surface area contributed by atoms with E-state index in [9.17, 15) is 9.59 Å². The van der Waals surface area contributed by atoms with E-state index in [2.05, 4.69) is 22.7 Å². The van der Waals surface area contributed by atoms with Crippen molar-refractivity contribution >= 4 is 29.1 Å². The number of carbonyl (C=O) groups is 2. The van der Waals surface area contributed by atoms with Gasteiger partial charge in [0.15, 0.2) is 0 Å². The summed E-state index contributed by atoms with van der Waals surface area (Å²) in [6.45, 7) is 5.80. The summed E-state index contributed by atoms with van der Waals surface area (Å²) >= 11 is 6.16. The Bertz CT molecular complexity index is 1500. The lowest BCUT2D eigenvalue weighted by Crippen LogP contribution is -2.42. The Balaban J connectivity index is 1.45. The zero-order chi connectivity index (χ0) is 28.1. The summed E-state index contributed by atoms with van der Waals surface area (Å²) in [6.07, 6.45) is 4.44. The smallest absolute Gasteiger partial charge is 0.310 e. The normalized spacial score (nSPS) is 15.3. The van der Waals surface area contributed by atoms with Crippen molar-refractivity contribution < 1.29 is 19.1 Å². The van der Waals surface area contributed by atoms with Crippen molar-refractivity contribution in [3.63, 3.8) is 0 Å². The number of nitrogens with zero attached hydrogens (tertiary/aromatic N) is 3. The number of imidazole rings is 1. The van der Waals surface area contributed by atoms with Crippen molar-refractivity contribution in [1.82, 2.24) is 14.3 Å². The van der Waals surface area contributed by atoms with Crippen molar-refractivity contribution in [2.24, 2.45) is 5.92 Å². The van der Waals surface area contributed by atoms with Crippen molar-refractivity contribution in [1.29, 1.82) is 0 Å². The van der Waals surface area contributed by atoms with E-state index in [1.54, 1.807) is 11.8 Å². The van der Waals surface area contributed by atoms with Gasteiger partial charge < -0.3 is 18.8 Å². The van der Waals surface area contributed by atoms with Crippen LogP contribution in [0, 0.1) is 5.92 Å². The fourth-order valence-electron chi connectivity index (χ4n) is 5.31. The Morgan fingerprint density at radius 1 is 1.00 bits per heavy atom. The van der Waals surface area contributed by atoms with E-state index >= 15 is 0 Å². The highest BCUT2D eigenvalue weighted by Crippen LogP contribution is 2.30. The van der Waals surface area contributed by atoms with Crippen molar-refractivity contribution in [2.75, 3.05) is 26.3 Å². The maximum Gasteiger partial charge on any atom is 0.310 e. The highest BCUT2D eigenvalue weighted by molar-refractivity contribution is 6.30. The van der Waals surface area contributed by atoms with E-state index in [0.29, 0.717) is 44.2 Å². The number of fused-ring (bicyclic) bond motifs is 1. The summed E-state index contributed by atoms with van der Waals surface area (Å²) in [5.41, 5.74) is 5.58. The molecule has 0 radical (unpaired) electrons. The van der Waals surface area contributed by atoms with Crippen LogP contribution in [-0.4, -0.2) is 52.5 Å². The summed E-state index contributed by atoms with van der Waals surface area (Å²) in [6, 6.07) is 19.7. The number of ether oxygens (including phenoxy) is 2. The number of aryl methyl sites for hydroxylation is 1. The van der Waals surface area contributed by atoms with Crippen LogP contribution in [0.5, 0.6) is 5.75 Å². The van der Waals surface area contributed by atoms with Crippen LogP contribution in [0.1, 0.15) is 38.8 Å². The summed E-state index contributed by atoms with van der Waals surface area (Å²) in [5, 5.41) is 0.655. The Kier molecular flexibility index (Phi) is 8.70. The molecule has 1 unspecified atom stereocenters. The maximum absolute atomic E-state index is 13.3. The molecule has 1 saturated heterocycles. The predicted octanol–water partition coefficient (Wildman–Crippen LogP) is 6.45. The Hall–Kier alpha value is -3.84. The maximum atomic E-state index is 13.3. The second kappa shape index (κ2) is 12.6. The van der Waals surface area contributed by atoms with Crippen LogP contribution < -0.4 is 4.74 Å². The number of pyridine rings is 1. The van der Waals surface area contributed by atoms with Crippen molar-refractivity contribution in [2.45, 2.75) is 39.5 Å². The molecule has 7 nitrogen and oxygen atoms in total. The van der Waals surface area contributed by atoms with Gasteiger partial charge in [-0.15, -0.1) is 0 Å². The van der Waals surface area contributed by atoms with E-state index in [1.165, 1.54) is 0 Å². The first-order valence-electron chi connectivity index (χ1n) is 13.9. The monoisotopic (exact) mass is 559 g/mol. The first kappa shape index (κ1) is 27.7. The largest absolute Gasteiger partial charge is 0.494 e. The number of amides is 1. The third-order valence-electron chi connectivity index (χ3n) is 7.28. The van der Waals surface area contributed by atoms with Crippen molar-refractivity contribution in [3.8, 4) is 28.1 Å². The highest BCUT2D eigenvalue weighted by atomic mass is 35.5. The number of halogens is 1. The molecule has 208 valence electrons. The van der Waals surface area contributed by atoms with E-state index in [0.717, 1.165) is 52.3 Å². The zero-order valence-electron chi connectivity index (χ0n) is 22.9. The summed E-state index contributed by atoms with van der Waals surface area (Å²) in [4.78, 5) is 32.4. The molecule has 0 bridgehead atoms. The second-order valence-corrected chi connectivity index (χ2v) is 10.4. The molecule has 0 N–H and O–H groups in total. The van der Waals surface area contributed by atoms with Crippen LogP contribution in [0.3, 0.4) is 0 Å². The lowest BCUT2D eigenvalue weighted by atomic mass is 9.97. The molecule has 1 atom stereocenters. The van der Waals surface area contributed by atoms with Crippen LogP contribution in [0.25, 0.3) is 28.0 Å². The standard InChI is InChI=1S/C32H34ClN3O4/c1-3-39-27-9-5-7-23(19-27)24-12-16-29-34-31(22-10-13-26(33)14-11-22)28(36(29)21-24)15-17-30(37)35-18-6-8-25(20-35)32(38)40-4-2/h5,7,9-14,16,19,21,25H,3-4,6,8,15,17-18,20H2,1-2H3. The van der Waals surface area contributed by atoms with Crippen LogP contribution in [0.2, 0.25) is 5.02 Å². The average Bonchev–Trinajstić information content (AvgIpc) is 3.34. The number of likely N-dealkylation sites (tertiary alicyclic amines) is 1. The number of hydrogen-bond donors (Lipinski definition) is 0. The fraction of sp³-hybridized carbons (Fsp3) is 0.344. The van der Waals surface area contributed by atoms with Crippen LogP contribution in [0.15, 0.2) is 66.9 Å². The van der Waals surface area contributed by atoms with Gasteiger partial charge >= 0.3 is 5.97 Å². The van der Waals surface area contributed by atoms with E-state index in [4.69, 9.17) is 26.1 Å². The van der Waals surface area contributed by atoms with E-state index < -0.39 is 0 Å². The van der Waals surface area contributed by atoms with Gasteiger partial charge in [0.25, 0.3) is 0 Å². The van der Waals surface area contributed by atoms with Gasteiger partial charge in [-0.1, -0.05) is 35.9 Å². The molecule has 8 heteroatoms. The first-order valence-corrected chi connectivity index (χ1v) is 14.3. The predicted molar refractivity (Wildman–Crippen MR) is 157 cm³/mol. The Morgan fingerprint density at radius 3 is 2.58 bits per heavy atom. The van der Waals surface area contributed by atoms with E-state index in [-0.39, 0.29) is 17.8 Å². The van der Waals surface area contributed by atoms with Gasteiger partial charge in [0.2, 0.25) is 5.91 Å². The van der Waals surface area contributed by atoms with Gasteiger partial charge in [-0.05, 0) is 80.6 Å². The molecule has 5 rings (SSSR count). The highest BCUT2D eigenvalue weighted by Gasteiger charge is 2.29. The van der Waals surface area contributed by atoms with Crippen LogP contribution in [-0.2, 0) is 20.7 Å². The zero-order valence-corrected chi connectivity index (χ0v) is 23.7. The van der Waals surface area contributed by atoms with Gasteiger partial charge in [0.1, 0.15) is 11.4 Å². The van der Waals surface area contributed by atoms with E-state index in [1.807, 2.05) is 55.5 Å². The molecule has 0 spiro atoms. The number of esters is 1. The fourth-order valence-corrected chi connectivity index (χ4v) is 5.44. The van der Waals surface area contributed by atoms with Gasteiger partial charge in [0.05, 0.1) is 30.5 Å². The lowest BCUT2D eigenvalue weighted by Gasteiger charge is -2.31. The van der Waals surface area contributed by atoms with Gasteiger partial charge in [-0.25, -0.2) is 4.98 Å². The van der Waals surface area contributed by atoms with Crippen LogP contribution >= 0.6 is 11.6 Å². The minimum Gasteiger partial charge on any atom is -0.494 e. The third-order valence-corrected chi connectivity index (χ3v) is 7.54. The van der Waals surface area contributed by atoms with Crippen molar-refractivity contribution in [3.05, 3.63) is 77.6 Å². The lowest BCUT2D eigenvalue weighted by molar-refractivity contribution is -0.151. The topological polar surface area (TPSA) is 73.1 Å². The number of piperidine rings is 1. The molecule has 2 aromatic heterocycles. The van der Waals surface area contributed by atoms with Gasteiger partial charge in [-0.3, -0.25) is 9.59 Å². The molecular formula is C32H34ClN3O4. The molecule has 40 heavy (non-hydrogen) atoms. The quantitative estimate of drug-likeness (QED) is 0.220. The molecule has 4 aromatic rings. The Labute approximate surface area is 239 Å². The molecule has 1 fully saturated rings. The minimum atomic E-state index is -0.256. The molecule has 1 amide bonds. The first-order chi connectivity index (χ1) is 19.5. The van der Waals surface area contributed by atoms with Crippen LogP contribution in [0.4, 0.5) is 0 Å². The number of benzene rings is 2. The molecule has 1 aliphatic heterocycles. The summed E-state index contributed by atoms with van der Waals surface area (Å²) < 4.78 is 13.0. The summed E-state index contributed by atoms with van der Waals surface area (Å²) in [5.74, 6) is 0.383. The number of aromatic nitrogens is 2. The minimum absolute atomic E-state index is 0.0339. The molecular weight excluding hydrogens is 526 g/mol. The Morgan fingerprint density at radius 2 is 1.80 bits per heavy atom. The number of carbonyl (C=O) groups excluding carboxylic acids is 2. The molecule has 0 saturated carbocycles. The molecule has 2 aromatic carbocycles. The number of hydrogen-bond acceptors (Lipinski definition) is 5. The summed E-state index contributed by atoms with van der Waals surface area (Å²) in [7, 11) is 0. The van der Waals surface area contributed by atoms with Gasteiger partial charge in [-0.2, -0.15) is 0 Å². The average molecular weight is 560 g/mol.